The van der Waals surface area contributed by atoms with Gasteiger partial charge in [0.05, 0.1) is 24.1 Å². The highest BCUT2D eigenvalue weighted by Crippen LogP contribution is 2.34. The molecule has 1 saturated carbocycles. The molecule has 0 aromatic heterocycles. The van der Waals surface area contributed by atoms with Crippen LogP contribution in [0.5, 0.6) is 11.5 Å². The van der Waals surface area contributed by atoms with Crippen molar-refractivity contribution in [2.45, 2.75) is 80.4 Å². The van der Waals surface area contributed by atoms with Crippen LogP contribution >= 0.6 is 11.6 Å². The van der Waals surface area contributed by atoms with E-state index in [4.69, 9.17) is 26.8 Å². The van der Waals surface area contributed by atoms with Crippen LogP contribution in [0.4, 0.5) is 8.78 Å². The zero-order chi connectivity index (χ0) is 33.9. The van der Waals surface area contributed by atoms with Gasteiger partial charge in [0.1, 0.15) is 23.6 Å². The van der Waals surface area contributed by atoms with Crippen molar-refractivity contribution in [2.75, 3.05) is 26.2 Å². The average Bonchev–Trinajstić information content (AvgIpc) is 3.09. The summed E-state index contributed by atoms with van der Waals surface area (Å²) in [5.41, 5.74) is 7.58. The molecule has 3 aromatic carbocycles. The highest BCUT2D eigenvalue weighted by atomic mass is 35.5. The second-order valence-corrected chi connectivity index (χ2v) is 15.5. The smallest absolute Gasteiger partial charge is 0.280 e. The van der Waals surface area contributed by atoms with E-state index in [2.05, 4.69) is 0 Å². The molecule has 0 bridgehead atoms. The molecule has 3 fully saturated rings. The van der Waals surface area contributed by atoms with Crippen LogP contribution in [0.2, 0.25) is 5.02 Å². The Morgan fingerprint density at radius 3 is 2.12 bits per heavy atom. The number of piperidine rings is 2. The second kappa shape index (κ2) is 14.7. The largest absolute Gasteiger partial charge is 0.493 e. The number of halogens is 3. The van der Waals surface area contributed by atoms with Crippen molar-refractivity contribution in [3.8, 4) is 22.6 Å². The van der Waals surface area contributed by atoms with Crippen LogP contribution in [0.15, 0.2) is 77.7 Å². The summed E-state index contributed by atoms with van der Waals surface area (Å²) >= 11 is 6.02. The summed E-state index contributed by atoms with van der Waals surface area (Å²) in [6.45, 7) is -0.271. The summed E-state index contributed by atoms with van der Waals surface area (Å²) in [5, 5.41) is 0.642. The molecular weight excluding hydrogens is 660 g/mol. The molecule has 1 aliphatic carbocycles. The number of amides is 1. The fraction of sp³-hybridized carbons (Fsp3) is 0.472. The average molecular weight is 702 g/mol. The molecule has 48 heavy (non-hydrogen) atoms. The van der Waals surface area contributed by atoms with E-state index in [-0.39, 0.29) is 30.8 Å². The molecule has 12 heteroatoms. The quantitative estimate of drug-likeness (QED) is 0.265. The van der Waals surface area contributed by atoms with Crippen molar-refractivity contribution in [1.29, 1.82) is 0 Å². The van der Waals surface area contributed by atoms with Crippen LogP contribution in [-0.4, -0.2) is 73.9 Å². The Bertz CT molecular complexity index is 1650. The first-order chi connectivity index (χ1) is 23.0. The first-order valence-electron chi connectivity index (χ1n) is 16.7. The SMILES string of the molecule is N[C@H]1CCN(C(=O)[C@H]2C[C@@H](Oc3ccc(-c4ccc(Cl)cc4)cc3)CCN2S(=O)(=O)c2ccc(OCC3CCCCC3)cc2)CC1(F)F. The summed E-state index contributed by atoms with van der Waals surface area (Å²) in [6, 6.07) is 18.5. The third-order valence-corrected chi connectivity index (χ3v) is 11.9. The Labute approximate surface area is 286 Å². The van der Waals surface area contributed by atoms with Gasteiger partial charge in [-0.1, -0.05) is 55.1 Å². The predicted molar refractivity (Wildman–Crippen MR) is 181 cm³/mol. The van der Waals surface area contributed by atoms with Gasteiger partial charge < -0.3 is 20.1 Å². The summed E-state index contributed by atoms with van der Waals surface area (Å²) in [6.07, 6.45) is 5.63. The van der Waals surface area contributed by atoms with Gasteiger partial charge in [0, 0.05) is 24.5 Å². The monoisotopic (exact) mass is 701 g/mol. The Balaban J connectivity index is 1.18. The standard InChI is InChI=1S/C36H42ClF2N3O5S/c37-28-10-6-26(7-11-28)27-8-12-30(13-9-27)47-31-18-21-42(33(22-31)35(43)41-20-19-34(40)36(38,39)24-41)48(44,45)32-16-14-29(15-17-32)46-23-25-4-2-1-3-5-25/h6-17,25,31,33-34H,1-5,18-24,40H2/t31-,33+,34-/m0/s1. The molecule has 2 heterocycles. The maximum Gasteiger partial charge on any atom is 0.280 e. The van der Waals surface area contributed by atoms with E-state index >= 15 is 0 Å². The fourth-order valence-corrected chi connectivity index (χ4v) is 8.59. The van der Waals surface area contributed by atoms with E-state index < -0.39 is 46.6 Å². The van der Waals surface area contributed by atoms with Crippen molar-refractivity contribution in [3.63, 3.8) is 0 Å². The second-order valence-electron chi connectivity index (χ2n) is 13.1. The minimum absolute atomic E-state index is 0.00765. The van der Waals surface area contributed by atoms with Gasteiger partial charge in [0.25, 0.3) is 5.92 Å². The number of benzene rings is 3. The number of hydrogen-bond donors (Lipinski definition) is 1. The highest BCUT2D eigenvalue weighted by Gasteiger charge is 2.48. The number of hydrogen-bond acceptors (Lipinski definition) is 6. The minimum Gasteiger partial charge on any atom is -0.493 e. The van der Waals surface area contributed by atoms with Gasteiger partial charge >= 0.3 is 0 Å². The summed E-state index contributed by atoms with van der Waals surface area (Å²) < 4.78 is 70.7. The molecule has 0 unspecified atom stereocenters. The van der Waals surface area contributed by atoms with Crippen LogP contribution in [0, 0.1) is 5.92 Å². The molecule has 0 radical (unpaired) electrons. The van der Waals surface area contributed by atoms with Crippen molar-refractivity contribution in [2.24, 2.45) is 11.7 Å². The Morgan fingerprint density at radius 2 is 1.48 bits per heavy atom. The molecule has 3 atom stereocenters. The van der Waals surface area contributed by atoms with Crippen LogP contribution < -0.4 is 15.2 Å². The highest BCUT2D eigenvalue weighted by molar-refractivity contribution is 7.89. The lowest BCUT2D eigenvalue weighted by molar-refractivity contribution is -0.149. The molecular formula is C36H42ClF2N3O5S. The Morgan fingerprint density at radius 1 is 0.854 bits per heavy atom. The van der Waals surface area contributed by atoms with Crippen molar-refractivity contribution < 1.29 is 31.5 Å². The first kappa shape index (κ1) is 34.6. The molecule has 8 nitrogen and oxygen atoms in total. The summed E-state index contributed by atoms with van der Waals surface area (Å²) in [5.74, 6) is -2.33. The van der Waals surface area contributed by atoms with Gasteiger partial charge in [-0.3, -0.25) is 4.79 Å². The van der Waals surface area contributed by atoms with E-state index in [1.54, 1.807) is 12.1 Å². The summed E-state index contributed by atoms with van der Waals surface area (Å²) in [4.78, 5) is 15.0. The van der Waals surface area contributed by atoms with Crippen LogP contribution in [0.3, 0.4) is 0 Å². The van der Waals surface area contributed by atoms with Gasteiger partial charge in [0.15, 0.2) is 0 Å². The molecule has 1 amide bonds. The molecule has 2 saturated heterocycles. The molecule has 258 valence electrons. The van der Waals surface area contributed by atoms with E-state index in [9.17, 15) is 22.0 Å². The number of likely N-dealkylation sites (tertiary alicyclic amines) is 1. The van der Waals surface area contributed by atoms with Gasteiger partial charge in [-0.15, -0.1) is 0 Å². The maximum atomic E-state index is 14.6. The molecule has 3 aliphatic rings. The number of nitrogens with zero attached hydrogens (tertiary/aromatic N) is 2. The van der Waals surface area contributed by atoms with Crippen LogP contribution in [-0.2, 0) is 14.8 Å². The van der Waals surface area contributed by atoms with Gasteiger partial charge in [0.2, 0.25) is 15.9 Å². The number of carbonyl (C=O) groups is 1. The number of ether oxygens (including phenoxy) is 2. The fourth-order valence-electron chi connectivity index (χ4n) is 6.86. The van der Waals surface area contributed by atoms with E-state index in [1.807, 2.05) is 48.5 Å². The lowest BCUT2D eigenvalue weighted by atomic mass is 9.90. The summed E-state index contributed by atoms with van der Waals surface area (Å²) in [7, 11) is -4.17. The number of nitrogens with two attached hydrogens (primary N) is 1. The van der Waals surface area contributed by atoms with Gasteiger partial charge in [-0.25, -0.2) is 17.2 Å². The maximum absolute atomic E-state index is 14.6. The molecule has 0 spiro atoms. The van der Waals surface area contributed by atoms with Crippen LogP contribution in [0.1, 0.15) is 51.4 Å². The van der Waals surface area contributed by atoms with Crippen molar-refractivity contribution in [1.82, 2.24) is 9.21 Å². The third-order valence-electron chi connectivity index (χ3n) is 9.73. The number of alkyl halides is 2. The molecule has 6 rings (SSSR count). The van der Waals surface area contributed by atoms with E-state index in [0.717, 1.165) is 33.2 Å². The van der Waals surface area contributed by atoms with E-state index in [0.29, 0.717) is 35.5 Å². The molecule has 3 aromatic rings. The number of rotatable bonds is 9. The normalized spacial score (nSPS) is 23.8. The number of sulfonamides is 1. The Hall–Kier alpha value is -3.25. The molecule has 2 aliphatic heterocycles. The first-order valence-corrected chi connectivity index (χ1v) is 18.5. The number of carbonyl (C=O) groups excluding carboxylic acids is 1. The zero-order valence-electron chi connectivity index (χ0n) is 26.8. The van der Waals surface area contributed by atoms with Gasteiger partial charge in [-0.05, 0) is 91.3 Å². The lowest BCUT2D eigenvalue weighted by Crippen LogP contribution is -2.62. The van der Waals surface area contributed by atoms with Gasteiger partial charge in [-0.2, -0.15) is 4.31 Å². The van der Waals surface area contributed by atoms with Crippen molar-refractivity contribution in [3.05, 3.63) is 77.8 Å². The Kier molecular flexibility index (Phi) is 10.6. The van der Waals surface area contributed by atoms with Crippen molar-refractivity contribution >= 4 is 27.5 Å². The zero-order valence-corrected chi connectivity index (χ0v) is 28.4. The molecule has 2 N–H and O–H groups in total. The predicted octanol–water partition coefficient (Wildman–Crippen LogP) is 6.76. The van der Waals surface area contributed by atoms with E-state index in [1.165, 1.54) is 31.4 Å². The lowest BCUT2D eigenvalue weighted by Gasteiger charge is -2.42. The topological polar surface area (TPSA) is 102 Å². The third kappa shape index (κ3) is 7.96. The van der Waals surface area contributed by atoms with Crippen LogP contribution in [0.25, 0.3) is 11.1 Å². The minimum atomic E-state index is -4.17.